The third-order valence-corrected chi connectivity index (χ3v) is 4.06. The summed E-state index contributed by atoms with van der Waals surface area (Å²) in [5.74, 6) is 0. The van der Waals surface area contributed by atoms with Crippen molar-refractivity contribution in [2.75, 3.05) is 0 Å². The fraction of sp³-hybridized carbons (Fsp3) is 0.333. The van der Waals surface area contributed by atoms with Gasteiger partial charge in [0, 0.05) is 4.57 Å². The molecule has 0 saturated carbocycles. The van der Waals surface area contributed by atoms with Crippen molar-refractivity contribution >= 4 is 16.1 Å². The Bertz CT molecular complexity index is 461. The van der Waals surface area contributed by atoms with Crippen LogP contribution in [-0.4, -0.2) is 9.79 Å². The van der Waals surface area contributed by atoms with E-state index in [9.17, 15) is 14.0 Å². The summed E-state index contributed by atoms with van der Waals surface area (Å²) in [5.41, 5.74) is 1.59. The Hall–Kier alpha value is -0.610. The standard InChI is InChI=1S/C9H12O6P2/c1-7-5-3-4-6-9(7)8(2)14-17(12,13)15-16(10)11/h3-6,8H,1-2H3,(H-,10,11,12,13)/p+1. The molecule has 1 aromatic rings. The van der Waals surface area contributed by atoms with Crippen molar-refractivity contribution in [3.8, 4) is 0 Å². The molecule has 0 amide bonds. The SMILES string of the molecule is Cc1ccccc1C(C)OP(=O)(O)O[P+](=O)O. The molecule has 0 spiro atoms. The highest BCUT2D eigenvalue weighted by molar-refractivity contribution is 7.55. The fourth-order valence-electron chi connectivity index (χ4n) is 1.41. The van der Waals surface area contributed by atoms with Crippen LogP contribution in [0.4, 0.5) is 0 Å². The van der Waals surface area contributed by atoms with Gasteiger partial charge in [-0.05, 0) is 29.3 Å². The number of hydrogen-bond donors (Lipinski definition) is 2. The van der Waals surface area contributed by atoms with Gasteiger partial charge in [0.2, 0.25) is 0 Å². The minimum absolute atomic E-state index is 0.707. The molecule has 0 fully saturated rings. The summed E-state index contributed by atoms with van der Waals surface area (Å²) in [7, 11) is -7.71. The number of phosphoric ester groups is 1. The molecule has 2 N–H and O–H groups in total. The summed E-state index contributed by atoms with van der Waals surface area (Å²) in [5, 5.41) is 0. The van der Waals surface area contributed by atoms with E-state index in [2.05, 4.69) is 4.31 Å². The highest BCUT2D eigenvalue weighted by Gasteiger charge is 2.36. The monoisotopic (exact) mass is 279 g/mol. The van der Waals surface area contributed by atoms with Crippen LogP contribution in [0.3, 0.4) is 0 Å². The van der Waals surface area contributed by atoms with Gasteiger partial charge in [-0.2, -0.15) is 0 Å². The Morgan fingerprint density at radius 3 is 2.53 bits per heavy atom. The molecule has 1 rings (SSSR count). The van der Waals surface area contributed by atoms with Crippen molar-refractivity contribution in [1.82, 2.24) is 0 Å². The Morgan fingerprint density at radius 1 is 1.41 bits per heavy atom. The van der Waals surface area contributed by atoms with Crippen LogP contribution in [0.5, 0.6) is 0 Å². The zero-order chi connectivity index (χ0) is 13.1. The Kier molecular flexibility index (Phi) is 4.95. The van der Waals surface area contributed by atoms with E-state index in [1.807, 2.05) is 19.1 Å². The van der Waals surface area contributed by atoms with Crippen molar-refractivity contribution in [2.24, 2.45) is 0 Å². The maximum atomic E-state index is 11.3. The summed E-state index contributed by atoms with van der Waals surface area (Å²) in [6.45, 7) is 3.38. The molecule has 0 bridgehead atoms. The zero-order valence-electron chi connectivity index (χ0n) is 9.31. The van der Waals surface area contributed by atoms with Gasteiger partial charge >= 0.3 is 16.1 Å². The maximum absolute atomic E-state index is 11.3. The molecule has 0 saturated heterocycles. The average Bonchev–Trinajstić information content (AvgIpc) is 2.14. The largest absolute Gasteiger partial charge is 0.705 e. The predicted octanol–water partition coefficient (Wildman–Crippen LogP) is 2.84. The first-order valence-electron chi connectivity index (χ1n) is 4.74. The molecule has 0 radical (unpaired) electrons. The van der Waals surface area contributed by atoms with Gasteiger partial charge in [0.15, 0.2) is 0 Å². The second-order valence-electron chi connectivity index (χ2n) is 3.39. The Balaban J connectivity index is 2.79. The van der Waals surface area contributed by atoms with Crippen molar-refractivity contribution in [1.29, 1.82) is 0 Å². The van der Waals surface area contributed by atoms with Crippen LogP contribution in [0.15, 0.2) is 24.3 Å². The van der Waals surface area contributed by atoms with E-state index in [4.69, 9.17) is 9.42 Å². The van der Waals surface area contributed by atoms with Gasteiger partial charge in [0.05, 0.1) is 6.10 Å². The Morgan fingerprint density at radius 2 is 2.00 bits per heavy atom. The van der Waals surface area contributed by atoms with E-state index in [1.54, 1.807) is 19.1 Å². The number of aryl methyl sites for hydroxylation is 1. The topological polar surface area (TPSA) is 93.1 Å². The third kappa shape index (κ3) is 4.64. The van der Waals surface area contributed by atoms with E-state index in [1.165, 1.54) is 0 Å². The molecule has 3 atom stereocenters. The summed E-state index contributed by atoms with van der Waals surface area (Å²) in [4.78, 5) is 17.6. The lowest BCUT2D eigenvalue weighted by molar-refractivity contribution is 0.149. The van der Waals surface area contributed by atoms with Crippen LogP contribution in [0, 0.1) is 6.92 Å². The summed E-state index contributed by atoms with van der Waals surface area (Å²) < 4.78 is 30.3. The van der Waals surface area contributed by atoms with E-state index in [0.29, 0.717) is 5.56 Å². The van der Waals surface area contributed by atoms with Gasteiger partial charge in [-0.1, -0.05) is 24.3 Å². The quantitative estimate of drug-likeness (QED) is 0.805. The molecule has 0 aromatic heterocycles. The minimum Gasteiger partial charge on any atom is -0.300 e. The maximum Gasteiger partial charge on any atom is 0.705 e. The highest BCUT2D eigenvalue weighted by Crippen LogP contribution is 2.53. The van der Waals surface area contributed by atoms with Crippen molar-refractivity contribution in [3.05, 3.63) is 35.4 Å². The minimum atomic E-state index is -4.52. The third-order valence-electron chi connectivity index (χ3n) is 2.09. The number of benzene rings is 1. The zero-order valence-corrected chi connectivity index (χ0v) is 11.1. The summed E-state index contributed by atoms with van der Waals surface area (Å²) in [6.07, 6.45) is -0.720. The number of phosphoric acid groups is 1. The van der Waals surface area contributed by atoms with Gasteiger partial charge in [-0.25, -0.2) is 4.57 Å². The lowest BCUT2D eigenvalue weighted by Crippen LogP contribution is -2.01. The van der Waals surface area contributed by atoms with Gasteiger partial charge in [0.25, 0.3) is 0 Å². The second kappa shape index (κ2) is 5.83. The second-order valence-corrected chi connectivity index (χ2v) is 5.67. The van der Waals surface area contributed by atoms with Crippen LogP contribution in [0.2, 0.25) is 0 Å². The van der Waals surface area contributed by atoms with Crippen LogP contribution >= 0.6 is 16.1 Å². The summed E-state index contributed by atoms with van der Waals surface area (Å²) >= 11 is 0. The highest BCUT2D eigenvalue weighted by atomic mass is 31.2. The predicted molar refractivity (Wildman–Crippen MR) is 61.4 cm³/mol. The molecule has 6 nitrogen and oxygen atoms in total. The van der Waals surface area contributed by atoms with Crippen LogP contribution in [0.25, 0.3) is 0 Å². The van der Waals surface area contributed by atoms with E-state index in [-0.39, 0.29) is 0 Å². The Labute approximate surface area is 99.8 Å². The van der Waals surface area contributed by atoms with Crippen LogP contribution in [-0.2, 0) is 18.0 Å². The molecule has 0 heterocycles. The molecule has 0 aliphatic carbocycles. The smallest absolute Gasteiger partial charge is 0.300 e. The number of hydrogen-bond acceptors (Lipinski definition) is 4. The first kappa shape index (κ1) is 14.5. The molecule has 17 heavy (non-hydrogen) atoms. The van der Waals surface area contributed by atoms with E-state index in [0.717, 1.165) is 5.56 Å². The van der Waals surface area contributed by atoms with Gasteiger partial charge in [-0.15, -0.1) is 4.89 Å². The number of rotatable bonds is 5. The first-order chi connectivity index (χ1) is 7.82. The molecule has 0 aliphatic rings. The molecule has 94 valence electrons. The van der Waals surface area contributed by atoms with Crippen molar-refractivity contribution in [3.63, 3.8) is 0 Å². The van der Waals surface area contributed by atoms with E-state index >= 15 is 0 Å². The summed E-state index contributed by atoms with van der Waals surface area (Å²) in [6, 6.07) is 7.15. The molecule has 0 aliphatic heterocycles. The molecule has 3 unspecified atom stereocenters. The first-order valence-corrected chi connectivity index (χ1v) is 7.37. The molecular weight excluding hydrogens is 266 g/mol. The van der Waals surface area contributed by atoms with Crippen molar-refractivity contribution < 1.29 is 27.8 Å². The van der Waals surface area contributed by atoms with Gasteiger partial charge in [0.1, 0.15) is 0 Å². The van der Waals surface area contributed by atoms with Crippen LogP contribution in [0.1, 0.15) is 24.2 Å². The molecular formula is C9H13O6P2+. The van der Waals surface area contributed by atoms with E-state index < -0.39 is 22.2 Å². The molecule has 1 aromatic carbocycles. The van der Waals surface area contributed by atoms with Crippen molar-refractivity contribution in [2.45, 2.75) is 20.0 Å². The fourth-order valence-corrected chi connectivity index (χ4v) is 2.78. The average molecular weight is 279 g/mol. The van der Waals surface area contributed by atoms with Gasteiger partial charge < -0.3 is 0 Å². The molecule has 8 heteroatoms. The lowest BCUT2D eigenvalue weighted by atomic mass is 10.1. The normalized spacial score (nSPS) is 17.3. The van der Waals surface area contributed by atoms with Gasteiger partial charge in [-0.3, -0.25) is 9.42 Å². The lowest BCUT2D eigenvalue weighted by Gasteiger charge is -2.15. The van der Waals surface area contributed by atoms with Crippen LogP contribution < -0.4 is 0 Å².